The first-order valence-corrected chi connectivity index (χ1v) is 14.3. The van der Waals surface area contributed by atoms with Crippen molar-refractivity contribution in [2.24, 2.45) is 4.99 Å². The van der Waals surface area contributed by atoms with Crippen molar-refractivity contribution in [1.82, 2.24) is 4.90 Å². The minimum Gasteiger partial charge on any atom is -0.443 e. The van der Waals surface area contributed by atoms with Gasteiger partial charge in [-0.3, -0.25) is 15.1 Å². The van der Waals surface area contributed by atoms with Gasteiger partial charge in [-0.1, -0.05) is 0 Å². The molecular formula is C26H37F2N3O9S. The molecule has 1 aliphatic rings. The topological polar surface area (TPSA) is 166 Å². The number of benzene rings is 1. The van der Waals surface area contributed by atoms with Crippen LogP contribution >= 0.6 is 0 Å². The van der Waals surface area contributed by atoms with Gasteiger partial charge in [0.15, 0.2) is 9.84 Å². The van der Waals surface area contributed by atoms with E-state index in [4.69, 9.17) is 9.47 Å². The van der Waals surface area contributed by atoms with E-state index in [2.05, 4.69) is 4.99 Å². The molecule has 0 saturated heterocycles. The Balaban J connectivity index is 3.10. The van der Waals surface area contributed by atoms with Crippen molar-refractivity contribution in [3.8, 4) is 0 Å². The molecule has 0 aromatic heterocycles. The van der Waals surface area contributed by atoms with Gasteiger partial charge in [0.25, 0.3) is 5.69 Å². The number of alkyl halides is 1. The van der Waals surface area contributed by atoms with Crippen LogP contribution in [0, 0.1) is 15.9 Å². The highest BCUT2D eigenvalue weighted by Gasteiger charge is 2.62. The van der Waals surface area contributed by atoms with Crippen LogP contribution in [0.25, 0.3) is 0 Å². The number of nitro groups is 1. The van der Waals surface area contributed by atoms with Gasteiger partial charge in [-0.05, 0) is 74.3 Å². The molecule has 0 fully saturated rings. The molecule has 0 radical (unpaired) electrons. The highest BCUT2D eigenvalue weighted by molar-refractivity contribution is 7.94. The Kier molecular flexibility index (Phi) is 9.61. The number of aliphatic hydroxyl groups excluding tert-OH is 1. The molecule has 230 valence electrons. The van der Waals surface area contributed by atoms with Crippen molar-refractivity contribution in [3.63, 3.8) is 0 Å². The minimum atomic E-state index is -4.72. The number of sulfone groups is 1. The number of rotatable bonds is 6. The zero-order valence-corrected chi connectivity index (χ0v) is 25.2. The fourth-order valence-corrected chi connectivity index (χ4v) is 6.70. The van der Waals surface area contributed by atoms with Gasteiger partial charge in [0.1, 0.15) is 39.8 Å². The number of amidine groups is 1. The molecule has 12 nitrogen and oxygen atoms in total. The van der Waals surface area contributed by atoms with E-state index in [1.54, 1.807) is 0 Å². The summed E-state index contributed by atoms with van der Waals surface area (Å²) >= 11 is 0. The third-order valence-electron chi connectivity index (χ3n) is 6.28. The van der Waals surface area contributed by atoms with Gasteiger partial charge in [-0.25, -0.2) is 26.8 Å². The standard InChI is InChI=1S/C26H37F2N3O9S/c1-23(2,3)39-21(33)30(22(34)40-24(4,5)6)20-25(7,8)41(37,38)19(10-9-13-32)26(15-27,29-20)17-14-16(31(35)36)11-12-18(17)28/h11-12,14,19,32H,9-10,13,15H2,1-8H3. The van der Waals surface area contributed by atoms with Crippen molar-refractivity contribution in [3.05, 3.63) is 39.7 Å². The highest BCUT2D eigenvalue weighted by atomic mass is 32.2. The quantitative estimate of drug-likeness (QED) is 0.353. The van der Waals surface area contributed by atoms with Crippen molar-refractivity contribution in [1.29, 1.82) is 0 Å². The fraction of sp³-hybridized carbons (Fsp3) is 0.654. The van der Waals surface area contributed by atoms with Crippen LogP contribution in [-0.2, 0) is 24.8 Å². The Labute approximate surface area is 237 Å². The monoisotopic (exact) mass is 605 g/mol. The predicted octanol–water partition coefficient (Wildman–Crippen LogP) is 4.82. The summed E-state index contributed by atoms with van der Waals surface area (Å²) in [5.41, 5.74) is -6.53. The number of nitrogens with zero attached hydrogens (tertiary/aromatic N) is 3. The average Bonchev–Trinajstić information content (AvgIpc) is 2.79. The Bertz CT molecular complexity index is 1310. The van der Waals surface area contributed by atoms with Gasteiger partial charge >= 0.3 is 12.2 Å². The highest BCUT2D eigenvalue weighted by Crippen LogP contribution is 2.47. The van der Waals surface area contributed by atoms with E-state index in [-0.39, 0.29) is 11.3 Å². The van der Waals surface area contributed by atoms with Gasteiger partial charge < -0.3 is 14.6 Å². The fourth-order valence-electron chi connectivity index (χ4n) is 4.37. The third kappa shape index (κ3) is 6.83. The first-order chi connectivity index (χ1) is 18.6. The largest absolute Gasteiger partial charge is 0.443 e. The van der Waals surface area contributed by atoms with Gasteiger partial charge in [0.05, 0.1) is 10.2 Å². The maximum atomic E-state index is 15.4. The van der Waals surface area contributed by atoms with Crippen molar-refractivity contribution < 1.29 is 46.3 Å². The summed E-state index contributed by atoms with van der Waals surface area (Å²) in [6.07, 6.45) is -3.39. The Morgan fingerprint density at radius 3 is 2.05 bits per heavy atom. The molecule has 1 heterocycles. The molecule has 0 saturated carbocycles. The van der Waals surface area contributed by atoms with E-state index in [0.29, 0.717) is 12.1 Å². The summed E-state index contributed by atoms with van der Waals surface area (Å²) in [5, 5.41) is 19.1. The molecule has 1 aromatic carbocycles. The van der Waals surface area contributed by atoms with Crippen LogP contribution in [0.4, 0.5) is 24.1 Å². The average molecular weight is 606 g/mol. The van der Waals surface area contributed by atoms with Gasteiger partial charge in [-0.2, -0.15) is 4.90 Å². The maximum absolute atomic E-state index is 15.4. The number of carbonyl (C=O) groups excluding carboxylic acids is 2. The summed E-state index contributed by atoms with van der Waals surface area (Å²) in [5.74, 6) is -2.04. The molecule has 2 atom stereocenters. The van der Waals surface area contributed by atoms with Gasteiger partial charge in [0.2, 0.25) is 0 Å². The normalized spacial score (nSPS) is 21.9. The van der Waals surface area contributed by atoms with Crippen LogP contribution in [0.1, 0.15) is 73.8 Å². The molecule has 0 aliphatic carbocycles. The molecule has 0 spiro atoms. The van der Waals surface area contributed by atoms with E-state index < -0.39 is 96.3 Å². The minimum absolute atomic E-state index is 0.176. The van der Waals surface area contributed by atoms with Crippen molar-refractivity contribution in [2.75, 3.05) is 13.3 Å². The first-order valence-electron chi connectivity index (χ1n) is 12.8. The van der Waals surface area contributed by atoms with Crippen LogP contribution in [0.3, 0.4) is 0 Å². The summed E-state index contributed by atoms with van der Waals surface area (Å²) in [7, 11) is -4.72. The zero-order chi connectivity index (χ0) is 31.8. The predicted molar refractivity (Wildman–Crippen MR) is 146 cm³/mol. The van der Waals surface area contributed by atoms with Crippen LogP contribution in [0.2, 0.25) is 0 Å². The summed E-state index contributed by atoms with van der Waals surface area (Å²) < 4.78 is 67.7. The lowest BCUT2D eigenvalue weighted by molar-refractivity contribution is -0.385. The molecule has 2 unspecified atom stereocenters. The van der Waals surface area contributed by atoms with E-state index in [1.807, 2.05) is 0 Å². The van der Waals surface area contributed by atoms with Crippen LogP contribution in [0.5, 0.6) is 0 Å². The third-order valence-corrected chi connectivity index (χ3v) is 9.26. The van der Waals surface area contributed by atoms with Gasteiger partial charge in [-0.15, -0.1) is 0 Å². The number of non-ortho nitro benzene ring substituents is 1. The molecule has 2 amide bonds. The number of halogens is 2. The second-order valence-corrected chi connectivity index (χ2v) is 14.8. The molecule has 41 heavy (non-hydrogen) atoms. The second-order valence-electron chi connectivity index (χ2n) is 12.1. The number of aliphatic hydroxyl groups is 1. The SMILES string of the molecule is CC(C)(C)OC(=O)N(C(=O)OC(C)(C)C)C1=NC(CF)(c2cc([N+](=O)[O-])ccc2F)C(CCCO)S(=O)(=O)C1(C)C. The van der Waals surface area contributed by atoms with Crippen LogP contribution < -0.4 is 0 Å². The van der Waals surface area contributed by atoms with Crippen LogP contribution in [0.15, 0.2) is 23.2 Å². The molecule has 1 aliphatic heterocycles. The van der Waals surface area contributed by atoms with E-state index in [0.717, 1.165) is 19.9 Å². The molecule has 15 heteroatoms. The van der Waals surface area contributed by atoms with E-state index in [9.17, 15) is 33.2 Å². The lowest BCUT2D eigenvalue weighted by atomic mass is 9.84. The number of carbonyl (C=O) groups is 2. The van der Waals surface area contributed by atoms with Crippen LogP contribution in [-0.4, -0.2) is 75.9 Å². The molecule has 2 rings (SSSR count). The molecule has 0 bridgehead atoms. The number of nitro benzene ring substituents is 1. The Morgan fingerprint density at radius 1 is 1.12 bits per heavy atom. The second kappa shape index (κ2) is 11.6. The summed E-state index contributed by atoms with van der Waals surface area (Å²) in [6.45, 7) is 8.95. The van der Waals surface area contributed by atoms with E-state index >= 15 is 8.78 Å². The number of amides is 2. The first kappa shape index (κ1) is 34.0. The molecule has 1 aromatic rings. The number of ether oxygens (including phenoxy) is 2. The maximum Gasteiger partial charge on any atom is 0.425 e. The lowest BCUT2D eigenvalue weighted by Gasteiger charge is -2.47. The number of imide groups is 1. The number of aliphatic imine (C=N–C) groups is 1. The van der Waals surface area contributed by atoms with E-state index in [1.165, 1.54) is 41.5 Å². The molecular weight excluding hydrogens is 568 g/mol. The molecule has 1 N–H and O–H groups in total. The summed E-state index contributed by atoms with van der Waals surface area (Å²) in [4.78, 5) is 42.0. The van der Waals surface area contributed by atoms with Crippen molar-refractivity contribution in [2.45, 2.75) is 95.0 Å². The smallest absolute Gasteiger partial charge is 0.425 e. The Hall–Kier alpha value is -3.20. The number of hydrogen-bond donors (Lipinski definition) is 1. The number of hydrogen-bond acceptors (Lipinski definition) is 10. The van der Waals surface area contributed by atoms with Gasteiger partial charge in [0, 0.05) is 24.3 Å². The zero-order valence-electron chi connectivity index (χ0n) is 24.4. The van der Waals surface area contributed by atoms with Crippen molar-refractivity contribution >= 4 is 33.5 Å². The Morgan fingerprint density at radius 2 is 1.63 bits per heavy atom. The summed E-state index contributed by atoms with van der Waals surface area (Å²) in [6, 6.07) is 2.16. The lowest BCUT2D eigenvalue weighted by Crippen LogP contribution is -2.65.